The number of hydrogen-bond acceptors (Lipinski definition) is 2. The van der Waals surface area contributed by atoms with Crippen LogP contribution in [0.2, 0.25) is 5.02 Å². The summed E-state index contributed by atoms with van der Waals surface area (Å²) in [5.74, 6) is 0.413. The summed E-state index contributed by atoms with van der Waals surface area (Å²) in [7, 11) is 0. The Morgan fingerprint density at radius 1 is 1.43 bits per heavy atom. The van der Waals surface area contributed by atoms with Crippen molar-refractivity contribution < 1.29 is 0 Å². The van der Waals surface area contributed by atoms with Crippen LogP contribution in [0.25, 0.3) is 0 Å². The van der Waals surface area contributed by atoms with Gasteiger partial charge in [-0.3, -0.25) is 4.79 Å². The molecule has 76 valence electrons. The first-order valence-corrected chi connectivity index (χ1v) is 5.24. The molecule has 0 atom stereocenters. The zero-order valence-corrected chi connectivity index (χ0v) is 8.60. The van der Waals surface area contributed by atoms with Crippen molar-refractivity contribution in [1.29, 1.82) is 0 Å². The highest BCUT2D eigenvalue weighted by Gasteiger charge is 2.20. The maximum absolute atomic E-state index is 11.3. The zero-order valence-electron chi connectivity index (χ0n) is 7.85. The molecule has 1 saturated carbocycles. The van der Waals surface area contributed by atoms with Gasteiger partial charge in [0.2, 0.25) is 0 Å². The summed E-state index contributed by atoms with van der Waals surface area (Å²) in [6.07, 6.45) is 4.65. The maximum Gasteiger partial charge on any atom is 0.271 e. The van der Waals surface area contributed by atoms with Crippen molar-refractivity contribution in [2.24, 2.45) is 0 Å². The first kappa shape index (κ1) is 9.59. The minimum Gasteiger partial charge on any atom is -0.394 e. The van der Waals surface area contributed by atoms with Crippen LogP contribution in [0.15, 0.2) is 10.9 Å². The molecule has 0 aliphatic heterocycles. The van der Waals surface area contributed by atoms with E-state index in [0.717, 1.165) is 18.5 Å². The van der Waals surface area contributed by atoms with Crippen LogP contribution in [-0.2, 0) is 0 Å². The molecular formula is C10H13ClN2O. The lowest BCUT2D eigenvalue weighted by Crippen LogP contribution is -2.15. The Labute approximate surface area is 87.3 Å². The number of rotatable bonds is 1. The molecule has 0 aromatic carbocycles. The minimum atomic E-state index is -0.226. The summed E-state index contributed by atoms with van der Waals surface area (Å²) in [6.45, 7) is 0. The molecule has 0 amide bonds. The summed E-state index contributed by atoms with van der Waals surface area (Å²) in [4.78, 5) is 14.1. The topological polar surface area (TPSA) is 58.9 Å². The SMILES string of the molecule is Nc1cc(Cl)c(C2CCCC2)[nH]c1=O. The predicted octanol–water partition coefficient (Wildman–Crippen LogP) is 2.27. The van der Waals surface area contributed by atoms with E-state index in [9.17, 15) is 4.79 Å². The van der Waals surface area contributed by atoms with E-state index in [1.165, 1.54) is 12.8 Å². The van der Waals surface area contributed by atoms with Crippen molar-refractivity contribution in [1.82, 2.24) is 4.98 Å². The van der Waals surface area contributed by atoms with Crippen molar-refractivity contribution in [2.75, 3.05) is 5.73 Å². The predicted molar refractivity (Wildman–Crippen MR) is 57.7 cm³/mol. The fourth-order valence-corrected chi connectivity index (χ4v) is 2.36. The molecule has 2 rings (SSSR count). The number of pyridine rings is 1. The summed E-state index contributed by atoms with van der Waals surface area (Å²) < 4.78 is 0. The molecule has 1 aromatic rings. The number of nitrogens with two attached hydrogens (primary N) is 1. The number of nitrogens with one attached hydrogen (secondary N) is 1. The van der Waals surface area contributed by atoms with Gasteiger partial charge in [0, 0.05) is 11.6 Å². The molecule has 14 heavy (non-hydrogen) atoms. The monoisotopic (exact) mass is 212 g/mol. The number of halogens is 1. The molecule has 0 radical (unpaired) electrons. The maximum atomic E-state index is 11.3. The van der Waals surface area contributed by atoms with E-state index in [4.69, 9.17) is 17.3 Å². The van der Waals surface area contributed by atoms with Crippen LogP contribution in [0.4, 0.5) is 5.69 Å². The number of aromatic amines is 1. The molecule has 4 heteroatoms. The van der Waals surface area contributed by atoms with E-state index in [-0.39, 0.29) is 11.2 Å². The standard InChI is InChI=1S/C10H13ClN2O/c11-7-5-8(12)10(14)13-9(7)6-3-1-2-4-6/h5-6H,1-4,12H2,(H,13,14). The van der Waals surface area contributed by atoms with Crippen molar-refractivity contribution in [3.05, 3.63) is 27.1 Å². The van der Waals surface area contributed by atoms with E-state index in [1.807, 2.05) is 0 Å². The Morgan fingerprint density at radius 2 is 2.07 bits per heavy atom. The molecule has 1 fully saturated rings. The quantitative estimate of drug-likeness (QED) is 0.750. The Bertz CT molecular complexity index is 394. The van der Waals surface area contributed by atoms with Crippen LogP contribution in [0, 0.1) is 0 Å². The van der Waals surface area contributed by atoms with Crippen LogP contribution in [0.3, 0.4) is 0 Å². The third-order valence-electron chi connectivity index (χ3n) is 2.81. The second-order valence-corrected chi connectivity index (χ2v) is 4.20. The molecule has 1 heterocycles. The molecule has 1 aromatic heterocycles. The van der Waals surface area contributed by atoms with Gasteiger partial charge in [0.05, 0.1) is 10.7 Å². The van der Waals surface area contributed by atoms with E-state index in [1.54, 1.807) is 6.07 Å². The largest absolute Gasteiger partial charge is 0.394 e. The highest BCUT2D eigenvalue weighted by molar-refractivity contribution is 6.31. The lowest BCUT2D eigenvalue weighted by molar-refractivity contribution is 0.695. The van der Waals surface area contributed by atoms with Crippen LogP contribution < -0.4 is 11.3 Å². The van der Waals surface area contributed by atoms with Crippen LogP contribution >= 0.6 is 11.6 Å². The van der Waals surface area contributed by atoms with Crippen molar-refractivity contribution in [3.8, 4) is 0 Å². The fraction of sp³-hybridized carbons (Fsp3) is 0.500. The van der Waals surface area contributed by atoms with Gasteiger partial charge in [-0.15, -0.1) is 0 Å². The third-order valence-corrected chi connectivity index (χ3v) is 3.13. The van der Waals surface area contributed by atoms with Crippen molar-refractivity contribution >= 4 is 17.3 Å². The van der Waals surface area contributed by atoms with E-state index in [2.05, 4.69) is 4.98 Å². The molecule has 3 nitrogen and oxygen atoms in total. The Morgan fingerprint density at radius 3 is 2.71 bits per heavy atom. The van der Waals surface area contributed by atoms with Crippen LogP contribution in [0.5, 0.6) is 0 Å². The second kappa shape index (κ2) is 3.65. The molecule has 0 bridgehead atoms. The minimum absolute atomic E-state index is 0.191. The molecule has 0 spiro atoms. The first-order chi connectivity index (χ1) is 6.68. The Kier molecular flexibility index (Phi) is 2.50. The molecule has 1 aliphatic carbocycles. The highest BCUT2D eigenvalue weighted by Crippen LogP contribution is 2.35. The van der Waals surface area contributed by atoms with E-state index >= 15 is 0 Å². The van der Waals surface area contributed by atoms with Gasteiger partial charge in [-0.05, 0) is 18.9 Å². The Balaban J connectivity index is 2.42. The van der Waals surface area contributed by atoms with Gasteiger partial charge in [-0.25, -0.2) is 0 Å². The van der Waals surface area contributed by atoms with Gasteiger partial charge in [0.1, 0.15) is 0 Å². The lowest BCUT2D eigenvalue weighted by Gasteiger charge is -2.11. The second-order valence-electron chi connectivity index (χ2n) is 3.80. The van der Waals surface area contributed by atoms with Crippen molar-refractivity contribution in [2.45, 2.75) is 31.6 Å². The zero-order chi connectivity index (χ0) is 10.1. The smallest absolute Gasteiger partial charge is 0.271 e. The van der Waals surface area contributed by atoms with Crippen LogP contribution in [-0.4, -0.2) is 4.98 Å². The number of hydrogen-bond donors (Lipinski definition) is 2. The summed E-state index contributed by atoms with van der Waals surface area (Å²) in [5.41, 5.74) is 6.29. The average Bonchev–Trinajstić information content (AvgIpc) is 2.64. The summed E-state index contributed by atoms with van der Waals surface area (Å²) in [6, 6.07) is 1.55. The van der Waals surface area contributed by atoms with Crippen molar-refractivity contribution in [3.63, 3.8) is 0 Å². The van der Waals surface area contributed by atoms with Crippen LogP contribution in [0.1, 0.15) is 37.3 Å². The number of aromatic nitrogens is 1. The molecule has 0 saturated heterocycles. The third kappa shape index (κ3) is 1.64. The van der Waals surface area contributed by atoms with E-state index < -0.39 is 0 Å². The summed E-state index contributed by atoms with van der Waals surface area (Å²) in [5, 5.41) is 0.592. The van der Waals surface area contributed by atoms with E-state index in [0.29, 0.717) is 10.9 Å². The highest BCUT2D eigenvalue weighted by atomic mass is 35.5. The van der Waals surface area contributed by atoms with Gasteiger partial charge in [-0.1, -0.05) is 24.4 Å². The molecular weight excluding hydrogens is 200 g/mol. The summed E-state index contributed by atoms with van der Waals surface area (Å²) >= 11 is 6.03. The fourth-order valence-electron chi connectivity index (χ4n) is 2.05. The number of nitrogen functional groups attached to an aromatic ring is 1. The van der Waals surface area contributed by atoms with Gasteiger partial charge < -0.3 is 10.7 Å². The van der Waals surface area contributed by atoms with Gasteiger partial charge in [0.15, 0.2) is 0 Å². The van der Waals surface area contributed by atoms with Gasteiger partial charge >= 0.3 is 0 Å². The molecule has 1 aliphatic rings. The Hall–Kier alpha value is -0.960. The number of anilines is 1. The first-order valence-electron chi connectivity index (χ1n) is 4.86. The number of H-pyrrole nitrogens is 1. The van der Waals surface area contributed by atoms with Gasteiger partial charge in [0.25, 0.3) is 5.56 Å². The van der Waals surface area contributed by atoms with Gasteiger partial charge in [-0.2, -0.15) is 0 Å². The molecule has 0 unspecified atom stereocenters. The normalized spacial score (nSPS) is 17.5. The lowest BCUT2D eigenvalue weighted by atomic mass is 10.0. The average molecular weight is 213 g/mol. The molecule has 3 N–H and O–H groups in total.